The SMILES string of the molecule is Cc1cn(CCCNC(C)c2ccc(Cl)cc2)c(Cc2ccccc2)n1. The fraction of sp³-hybridized carbons (Fsp3) is 0.318. The minimum Gasteiger partial charge on any atom is -0.334 e. The molecule has 3 nitrogen and oxygen atoms in total. The number of hydrogen-bond donors (Lipinski definition) is 1. The Bertz CT molecular complexity index is 809. The van der Waals surface area contributed by atoms with Crippen molar-refractivity contribution >= 4 is 11.6 Å². The van der Waals surface area contributed by atoms with E-state index in [1.165, 1.54) is 11.1 Å². The van der Waals surface area contributed by atoms with Crippen molar-refractivity contribution in [2.24, 2.45) is 0 Å². The van der Waals surface area contributed by atoms with Crippen molar-refractivity contribution in [3.05, 3.63) is 88.5 Å². The van der Waals surface area contributed by atoms with E-state index in [9.17, 15) is 0 Å². The summed E-state index contributed by atoms with van der Waals surface area (Å²) in [6.45, 7) is 6.19. The molecule has 2 aromatic carbocycles. The van der Waals surface area contributed by atoms with Gasteiger partial charge in [0, 0.05) is 30.2 Å². The second-order valence-electron chi connectivity index (χ2n) is 6.74. The lowest BCUT2D eigenvalue weighted by Crippen LogP contribution is -2.21. The lowest BCUT2D eigenvalue weighted by atomic mass is 10.1. The number of hydrogen-bond acceptors (Lipinski definition) is 2. The minimum absolute atomic E-state index is 0.320. The molecule has 0 bridgehead atoms. The average molecular weight is 368 g/mol. The number of rotatable bonds is 8. The van der Waals surface area contributed by atoms with E-state index in [-0.39, 0.29) is 0 Å². The molecule has 0 amide bonds. The van der Waals surface area contributed by atoms with Gasteiger partial charge in [-0.15, -0.1) is 0 Å². The highest BCUT2D eigenvalue weighted by Crippen LogP contribution is 2.16. The molecule has 1 heterocycles. The third-order valence-corrected chi connectivity index (χ3v) is 4.83. The average Bonchev–Trinajstić information content (AvgIpc) is 2.99. The van der Waals surface area contributed by atoms with Crippen molar-refractivity contribution < 1.29 is 0 Å². The minimum atomic E-state index is 0.320. The molecule has 0 aliphatic heterocycles. The van der Waals surface area contributed by atoms with Gasteiger partial charge in [-0.25, -0.2) is 4.98 Å². The zero-order valence-electron chi connectivity index (χ0n) is 15.5. The number of benzene rings is 2. The first-order chi connectivity index (χ1) is 12.6. The van der Waals surface area contributed by atoms with Crippen molar-refractivity contribution in [3.63, 3.8) is 0 Å². The normalized spacial score (nSPS) is 12.3. The van der Waals surface area contributed by atoms with Crippen LogP contribution in [-0.2, 0) is 13.0 Å². The van der Waals surface area contributed by atoms with Crippen LogP contribution < -0.4 is 5.32 Å². The van der Waals surface area contributed by atoms with E-state index in [1.807, 2.05) is 12.1 Å². The van der Waals surface area contributed by atoms with Gasteiger partial charge in [-0.05, 0) is 50.1 Å². The molecule has 26 heavy (non-hydrogen) atoms. The summed E-state index contributed by atoms with van der Waals surface area (Å²) < 4.78 is 2.29. The molecule has 1 N–H and O–H groups in total. The van der Waals surface area contributed by atoms with Gasteiger partial charge >= 0.3 is 0 Å². The zero-order chi connectivity index (χ0) is 18.4. The molecule has 4 heteroatoms. The molecular weight excluding hydrogens is 342 g/mol. The van der Waals surface area contributed by atoms with E-state index in [0.717, 1.165) is 42.5 Å². The van der Waals surface area contributed by atoms with Crippen LogP contribution in [0.1, 0.15) is 42.0 Å². The summed E-state index contributed by atoms with van der Waals surface area (Å²) in [6.07, 6.45) is 4.10. The van der Waals surface area contributed by atoms with Crippen molar-refractivity contribution in [1.82, 2.24) is 14.9 Å². The van der Waals surface area contributed by atoms with Gasteiger partial charge < -0.3 is 9.88 Å². The highest BCUT2D eigenvalue weighted by Gasteiger charge is 2.08. The van der Waals surface area contributed by atoms with E-state index < -0.39 is 0 Å². The maximum absolute atomic E-state index is 5.96. The predicted molar refractivity (Wildman–Crippen MR) is 109 cm³/mol. The summed E-state index contributed by atoms with van der Waals surface area (Å²) in [4.78, 5) is 4.71. The van der Waals surface area contributed by atoms with Crippen LogP contribution in [0.2, 0.25) is 5.02 Å². The summed E-state index contributed by atoms with van der Waals surface area (Å²) in [7, 11) is 0. The van der Waals surface area contributed by atoms with Gasteiger partial charge in [0.15, 0.2) is 0 Å². The molecule has 136 valence electrons. The van der Waals surface area contributed by atoms with Crippen molar-refractivity contribution in [2.75, 3.05) is 6.54 Å². The van der Waals surface area contributed by atoms with Crippen LogP contribution in [0.25, 0.3) is 0 Å². The fourth-order valence-corrected chi connectivity index (χ4v) is 3.27. The van der Waals surface area contributed by atoms with Gasteiger partial charge in [-0.3, -0.25) is 0 Å². The molecule has 0 saturated carbocycles. The Balaban J connectivity index is 1.51. The first-order valence-electron chi connectivity index (χ1n) is 9.17. The summed E-state index contributed by atoms with van der Waals surface area (Å²) >= 11 is 5.96. The highest BCUT2D eigenvalue weighted by molar-refractivity contribution is 6.30. The van der Waals surface area contributed by atoms with Crippen LogP contribution >= 0.6 is 11.6 Å². The standard InChI is InChI=1S/C22H26ClN3/c1-17-16-26(22(25-17)15-19-7-4-3-5-8-19)14-6-13-24-18(2)20-9-11-21(23)12-10-20/h3-5,7-12,16,18,24H,6,13-15H2,1-2H3. The summed E-state index contributed by atoms with van der Waals surface area (Å²) in [5.41, 5.74) is 3.64. The lowest BCUT2D eigenvalue weighted by molar-refractivity contribution is 0.521. The summed E-state index contributed by atoms with van der Waals surface area (Å²) in [6, 6.07) is 18.9. The molecule has 0 saturated heterocycles. The molecule has 3 aromatic rings. The Morgan fingerprint density at radius 3 is 2.54 bits per heavy atom. The number of aryl methyl sites for hydroxylation is 2. The Labute approximate surface area is 161 Å². The van der Waals surface area contributed by atoms with E-state index in [1.54, 1.807) is 0 Å². The molecule has 0 aliphatic carbocycles. The number of nitrogens with zero attached hydrogens (tertiary/aromatic N) is 2. The lowest BCUT2D eigenvalue weighted by Gasteiger charge is -2.15. The van der Waals surface area contributed by atoms with Crippen LogP contribution in [0, 0.1) is 6.92 Å². The third-order valence-electron chi connectivity index (χ3n) is 4.58. The molecule has 1 unspecified atom stereocenters. The molecule has 1 atom stereocenters. The molecular formula is C22H26ClN3. The predicted octanol–water partition coefficient (Wildman–Crippen LogP) is 5.18. The Morgan fingerprint density at radius 1 is 1.08 bits per heavy atom. The molecule has 3 rings (SSSR count). The number of aromatic nitrogens is 2. The monoisotopic (exact) mass is 367 g/mol. The van der Waals surface area contributed by atoms with Gasteiger partial charge in [0.2, 0.25) is 0 Å². The van der Waals surface area contributed by atoms with E-state index in [4.69, 9.17) is 16.6 Å². The van der Waals surface area contributed by atoms with Crippen LogP contribution in [-0.4, -0.2) is 16.1 Å². The van der Waals surface area contributed by atoms with Gasteiger partial charge in [-0.1, -0.05) is 54.1 Å². The maximum atomic E-state index is 5.96. The Morgan fingerprint density at radius 2 is 1.81 bits per heavy atom. The van der Waals surface area contributed by atoms with E-state index in [2.05, 4.69) is 72.4 Å². The molecule has 0 radical (unpaired) electrons. The second kappa shape index (κ2) is 9.02. The van der Waals surface area contributed by atoms with Crippen LogP contribution in [0.3, 0.4) is 0 Å². The molecule has 0 spiro atoms. The largest absolute Gasteiger partial charge is 0.334 e. The van der Waals surface area contributed by atoms with Gasteiger partial charge in [-0.2, -0.15) is 0 Å². The second-order valence-corrected chi connectivity index (χ2v) is 7.17. The fourth-order valence-electron chi connectivity index (χ4n) is 3.15. The number of halogens is 1. The van der Waals surface area contributed by atoms with Crippen LogP contribution in [0.5, 0.6) is 0 Å². The van der Waals surface area contributed by atoms with Gasteiger partial charge in [0.1, 0.15) is 5.82 Å². The van der Waals surface area contributed by atoms with Gasteiger partial charge in [0.05, 0.1) is 5.69 Å². The van der Waals surface area contributed by atoms with Crippen LogP contribution in [0.4, 0.5) is 0 Å². The van der Waals surface area contributed by atoms with Crippen molar-refractivity contribution in [3.8, 4) is 0 Å². The Kier molecular flexibility index (Phi) is 6.48. The molecule has 1 aromatic heterocycles. The van der Waals surface area contributed by atoms with Gasteiger partial charge in [0.25, 0.3) is 0 Å². The summed E-state index contributed by atoms with van der Waals surface area (Å²) in [5.74, 6) is 1.14. The zero-order valence-corrected chi connectivity index (χ0v) is 16.2. The number of nitrogens with one attached hydrogen (secondary N) is 1. The molecule has 0 fully saturated rings. The van der Waals surface area contributed by atoms with E-state index in [0.29, 0.717) is 6.04 Å². The van der Waals surface area contributed by atoms with Crippen molar-refractivity contribution in [2.45, 2.75) is 39.3 Å². The first-order valence-corrected chi connectivity index (χ1v) is 9.55. The van der Waals surface area contributed by atoms with Crippen molar-refractivity contribution in [1.29, 1.82) is 0 Å². The first kappa shape index (κ1) is 18.7. The Hall–Kier alpha value is -2.10. The summed E-state index contributed by atoms with van der Waals surface area (Å²) in [5, 5.41) is 4.37. The third kappa shape index (κ3) is 5.20. The van der Waals surface area contributed by atoms with Crippen LogP contribution in [0.15, 0.2) is 60.8 Å². The number of imidazole rings is 1. The quantitative estimate of drug-likeness (QED) is 0.556. The topological polar surface area (TPSA) is 29.9 Å². The molecule has 0 aliphatic rings. The van der Waals surface area contributed by atoms with E-state index >= 15 is 0 Å². The smallest absolute Gasteiger partial charge is 0.113 e. The maximum Gasteiger partial charge on any atom is 0.113 e. The highest BCUT2D eigenvalue weighted by atomic mass is 35.5.